The molecule has 0 saturated heterocycles. The molecule has 0 nitrogen and oxygen atoms in total. The van der Waals surface area contributed by atoms with Gasteiger partial charge < -0.3 is 0 Å². The fourth-order valence-electron chi connectivity index (χ4n) is 0.948. The van der Waals surface area contributed by atoms with E-state index in [1.807, 2.05) is 0 Å². The molecule has 68 valence electrons. The van der Waals surface area contributed by atoms with E-state index >= 15 is 0 Å². The van der Waals surface area contributed by atoms with Gasteiger partial charge in [0.15, 0.2) is 0 Å². The quantitative estimate of drug-likeness (QED) is 0.462. The van der Waals surface area contributed by atoms with Crippen molar-refractivity contribution in [2.45, 2.75) is 52.1 Å². The third-order valence-corrected chi connectivity index (χ3v) is 7.17. The Bertz CT molecular complexity index is 83.6. The topological polar surface area (TPSA) is 0 Å². The van der Waals surface area contributed by atoms with E-state index in [9.17, 15) is 0 Å². The smallest absolute Gasteiger partial charge is 0.0168 e. The van der Waals surface area contributed by atoms with Gasteiger partial charge in [0, 0.05) is 0 Å². The normalized spacial score (nSPS) is 13.9. The van der Waals surface area contributed by atoms with Crippen molar-refractivity contribution in [3.05, 3.63) is 0 Å². The zero-order valence-electron chi connectivity index (χ0n) is 7.94. The zero-order chi connectivity index (χ0) is 8.69. The molecule has 0 N–H and O–H groups in total. The fourth-order valence-corrected chi connectivity index (χ4v) is 2.74. The molecular formula is C9H20BrP. The van der Waals surface area contributed by atoms with Gasteiger partial charge in [0.2, 0.25) is 0 Å². The summed E-state index contributed by atoms with van der Waals surface area (Å²) in [6.45, 7) is 7.03. The Morgan fingerprint density at radius 3 is 2.27 bits per heavy atom. The van der Waals surface area contributed by atoms with E-state index in [0.29, 0.717) is 0 Å². The molecule has 0 aliphatic heterocycles. The standard InChI is InChI=1S/C9H20BrP/c1-4-5-6-7-8-11(10)9(2)3/h9H,4-8H2,1-3H3. The van der Waals surface area contributed by atoms with Crippen LogP contribution in [0.2, 0.25) is 0 Å². The summed E-state index contributed by atoms with van der Waals surface area (Å²) in [4.78, 5) is 0. The van der Waals surface area contributed by atoms with Gasteiger partial charge in [-0.15, -0.1) is 0 Å². The Kier molecular flexibility index (Phi) is 8.18. The average molecular weight is 239 g/mol. The van der Waals surface area contributed by atoms with E-state index < -0.39 is 0 Å². The van der Waals surface area contributed by atoms with E-state index in [2.05, 4.69) is 36.3 Å². The monoisotopic (exact) mass is 238 g/mol. The molecule has 1 unspecified atom stereocenters. The summed E-state index contributed by atoms with van der Waals surface area (Å²) in [5.41, 5.74) is 0.853. The van der Waals surface area contributed by atoms with Crippen LogP contribution in [0, 0.1) is 0 Å². The maximum atomic E-state index is 3.76. The summed E-state index contributed by atoms with van der Waals surface area (Å²) in [6, 6.07) is 0. The van der Waals surface area contributed by atoms with Gasteiger partial charge in [0.1, 0.15) is 0 Å². The molecule has 0 aliphatic carbocycles. The summed E-state index contributed by atoms with van der Waals surface area (Å²) < 4.78 is 0. The van der Waals surface area contributed by atoms with Crippen LogP contribution in [0.3, 0.4) is 0 Å². The number of halogens is 1. The zero-order valence-corrected chi connectivity index (χ0v) is 10.4. The lowest BCUT2D eigenvalue weighted by atomic mass is 10.2. The molecule has 0 aromatic rings. The summed E-state index contributed by atoms with van der Waals surface area (Å²) in [6.07, 6.45) is 7.01. The molecule has 0 aromatic heterocycles. The van der Waals surface area contributed by atoms with Gasteiger partial charge in [0.25, 0.3) is 0 Å². The highest BCUT2D eigenvalue weighted by atomic mass is 79.9. The second-order valence-corrected chi connectivity index (χ2v) is 8.29. The van der Waals surface area contributed by atoms with Crippen LogP contribution < -0.4 is 0 Å². The minimum Gasteiger partial charge on any atom is -0.0654 e. The lowest BCUT2D eigenvalue weighted by Gasteiger charge is -2.12. The molecule has 2 heteroatoms. The highest BCUT2D eigenvalue weighted by Crippen LogP contribution is 2.49. The largest absolute Gasteiger partial charge is 0.0654 e. The molecule has 0 heterocycles. The van der Waals surface area contributed by atoms with Crippen molar-refractivity contribution in [2.24, 2.45) is 0 Å². The van der Waals surface area contributed by atoms with Crippen molar-refractivity contribution in [1.29, 1.82) is 0 Å². The van der Waals surface area contributed by atoms with Crippen LogP contribution in [0.1, 0.15) is 46.5 Å². The molecule has 0 saturated carbocycles. The highest BCUT2D eigenvalue weighted by molar-refractivity contribution is 9.39. The van der Waals surface area contributed by atoms with E-state index in [-0.39, 0.29) is 6.62 Å². The van der Waals surface area contributed by atoms with Crippen LogP contribution in [0.4, 0.5) is 0 Å². The third kappa shape index (κ3) is 7.28. The van der Waals surface area contributed by atoms with E-state index in [1.165, 1.54) is 31.8 Å². The maximum absolute atomic E-state index is 3.76. The molecular weight excluding hydrogens is 219 g/mol. The van der Waals surface area contributed by atoms with Crippen LogP contribution in [0.25, 0.3) is 0 Å². The number of unbranched alkanes of at least 4 members (excludes halogenated alkanes) is 3. The van der Waals surface area contributed by atoms with E-state index in [1.54, 1.807) is 0 Å². The summed E-state index contributed by atoms with van der Waals surface area (Å²) >= 11 is 3.76. The molecule has 0 aromatic carbocycles. The Morgan fingerprint density at radius 1 is 1.18 bits per heavy atom. The molecule has 0 aliphatic rings. The first-order valence-electron chi connectivity index (χ1n) is 4.61. The number of rotatable bonds is 6. The lowest BCUT2D eigenvalue weighted by molar-refractivity contribution is 0.704. The number of hydrogen-bond donors (Lipinski definition) is 0. The SMILES string of the molecule is CCCCCCP(Br)C(C)C. The molecule has 0 bridgehead atoms. The highest BCUT2D eigenvalue weighted by Gasteiger charge is 2.06. The molecule has 11 heavy (non-hydrogen) atoms. The van der Waals surface area contributed by atoms with Crippen LogP contribution >= 0.6 is 22.1 Å². The molecule has 0 amide bonds. The molecule has 0 radical (unpaired) electrons. The fraction of sp³-hybridized carbons (Fsp3) is 1.00. The van der Waals surface area contributed by atoms with Crippen LogP contribution in [0.5, 0.6) is 0 Å². The predicted octanol–water partition coefficient (Wildman–Crippen LogP) is 4.77. The molecule has 1 atom stereocenters. The van der Waals surface area contributed by atoms with E-state index in [0.717, 1.165) is 5.66 Å². The van der Waals surface area contributed by atoms with Gasteiger partial charge in [-0.25, -0.2) is 0 Å². The van der Waals surface area contributed by atoms with Crippen LogP contribution in [0.15, 0.2) is 0 Å². The Morgan fingerprint density at radius 2 is 1.82 bits per heavy atom. The summed E-state index contributed by atoms with van der Waals surface area (Å²) in [5, 5.41) is 0. The van der Waals surface area contributed by atoms with Gasteiger partial charge in [-0.05, 0) is 24.9 Å². The lowest BCUT2D eigenvalue weighted by Crippen LogP contribution is -1.91. The first-order chi connectivity index (χ1) is 5.18. The second kappa shape index (κ2) is 7.55. The van der Waals surface area contributed by atoms with Crippen molar-refractivity contribution in [2.75, 3.05) is 6.16 Å². The van der Waals surface area contributed by atoms with E-state index in [4.69, 9.17) is 0 Å². The Hall–Kier alpha value is 0.910. The summed E-state index contributed by atoms with van der Waals surface area (Å²) in [5.74, 6) is 0. The minimum absolute atomic E-state index is 0.156. The molecule has 0 spiro atoms. The van der Waals surface area contributed by atoms with Crippen molar-refractivity contribution < 1.29 is 0 Å². The average Bonchev–Trinajstić information content (AvgIpc) is 1.97. The maximum Gasteiger partial charge on any atom is -0.0168 e. The first-order valence-corrected chi connectivity index (χ1v) is 8.22. The van der Waals surface area contributed by atoms with Crippen molar-refractivity contribution in [3.8, 4) is 0 Å². The van der Waals surface area contributed by atoms with Crippen LogP contribution in [-0.4, -0.2) is 11.8 Å². The molecule has 0 rings (SSSR count). The van der Waals surface area contributed by atoms with Gasteiger partial charge >= 0.3 is 0 Å². The number of hydrogen-bond acceptors (Lipinski definition) is 0. The van der Waals surface area contributed by atoms with Crippen molar-refractivity contribution >= 4 is 22.1 Å². The third-order valence-electron chi connectivity index (χ3n) is 1.79. The molecule has 0 fully saturated rings. The summed E-state index contributed by atoms with van der Waals surface area (Å²) in [7, 11) is 0. The Labute approximate surface area is 80.6 Å². The Balaban J connectivity index is 3.10. The van der Waals surface area contributed by atoms with Crippen molar-refractivity contribution in [1.82, 2.24) is 0 Å². The second-order valence-electron chi connectivity index (χ2n) is 3.28. The minimum atomic E-state index is 0.156. The van der Waals surface area contributed by atoms with Gasteiger partial charge in [-0.3, -0.25) is 0 Å². The van der Waals surface area contributed by atoms with Gasteiger partial charge in [-0.2, -0.15) is 0 Å². The first kappa shape index (κ1) is 11.9. The predicted molar refractivity (Wildman–Crippen MR) is 60.0 cm³/mol. The van der Waals surface area contributed by atoms with Crippen molar-refractivity contribution in [3.63, 3.8) is 0 Å². The van der Waals surface area contributed by atoms with Gasteiger partial charge in [0.05, 0.1) is 0 Å². The van der Waals surface area contributed by atoms with Crippen LogP contribution in [-0.2, 0) is 0 Å². The van der Waals surface area contributed by atoms with Gasteiger partial charge in [-0.1, -0.05) is 55.5 Å².